The van der Waals surface area contributed by atoms with Crippen molar-refractivity contribution in [2.24, 2.45) is 0 Å². The molecule has 1 rings (SSSR count). The Morgan fingerprint density at radius 1 is 1.75 bits per heavy atom. The van der Waals surface area contributed by atoms with Crippen molar-refractivity contribution in [3.8, 4) is 0 Å². The van der Waals surface area contributed by atoms with E-state index >= 15 is 0 Å². The van der Waals surface area contributed by atoms with Crippen molar-refractivity contribution in [1.29, 1.82) is 0 Å². The Balaban J connectivity index is 2.22. The van der Waals surface area contributed by atoms with Crippen LogP contribution in [-0.4, -0.2) is 38.2 Å². The lowest BCUT2D eigenvalue weighted by Crippen LogP contribution is -2.29. The van der Waals surface area contributed by atoms with Crippen LogP contribution >= 0.6 is 0 Å². The summed E-state index contributed by atoms with van der Waals surface area (Å²) in [7, 11) is 4.04. The van der Waals surface area contributed by atoms with E-state index in [0.717, 1.165) is 13.1 Å². The first-order valence-corrected chi connectivity index (χ1v) is 2.95. The van der Waals surface area contributed by atoms with Crippen LogP contribution < -0.4 is 10.7 Å². The zero-order valence-corrected chi connectivity index (χ0v) is 5.44. The van der Waals surface area contributed by atoms with Gasteiger partial charge in [-0.15, -0.1) is 0 Å². The lowest BCUT2D eigenvalue weighted by molar-refractivity contribution is 0.312. The molecule has 0 aromatic heterocycles. The van der Waals surface area contributed by atoms with Crippen LogP contribution in [0.4, 0.5) is 0 Å². The summed E-state index contributed by atoms with van der Waals surface area (Å²) in [6, 6.07) is 0.639. The summed E-state index contributed by atoms with van der Waals surface area (Å²) in [4.78, 5) is 0. The molecule has 8 heavy (non-hydrogen) atoms. The second kappa shape index (κ2) is 2.44. The van der Waals surface area contributed by atoms with Crippen LogP contribution in [0.25, 0.3) is 0 Å². The molecule has 1 aliphatic heterocycles. The average molecular weight is 115 g/mol. The first-order chi connectivity index (χ1) is 3.83. The molecule has 3 heteroatoms. The summed E-state index contributed by atoms with van der Waals surface area (Å²) in [5.41, 5.74) is 3.19. The topological polar surface area (TPSA) is 27.3 Å². The maximum atomic E-state index is 3.19. The van der Waals surface area contributed by atoms with Crippen LogP contribution in [0.5, 0.6) is 0 Å². The van der Waals surface area contributed by atoms with E-state index in [-0.39, 0.29) is 0 Å². The first kappa shape index (κ1) is 6.01. The Hall–Kier alpha value is -0.120. The second-order valence-corrected chi connectivity index (χ2v) is 2.23. The third kappa shape index (κ3) is 1.18. The van der Waals surface area contributed by atoms with Gasteiger partial charge in [0.25, 0.3) is 0 Å². The van der Waals surface area contributed by atoms with Gasteiger partial charge < -0.3 is 5.32 Å². The molecule has 2 N–H and O–H groups in total. The van der Waals surface area contributed by atoms with Gasteiger partial charge in [-0.25, -0.2) is 5.01 Å². The zero-order chi connectivity index (χ0) is 5.98. The lowest BCUT2D eigenvalue weighted by atomic mass is 10.3. The van der Waals surface area contributed by atoms with Crippen LogP contribution in [-0.2, 0) is 0 Å². The van der Waals surface area contributed by atoms with Crippen molar-refractivity contribution in [1.82, 2.24) is 15.8 Å². The van der Waals surface area contributed by atoms with Gasteiger partial charge >= 0.3 is 0 Å². The van der Waals surface area contributed by atoms with Crippen LogP contribution in [0.3, 0.4) is 0 Å². The maximum absolute atomic E-state index is 3.19. The fourth-order valence-electron chi connectivity index (χ4n) is 0.919. The highest BCUT2D eigenvalue weighted by molar-refractivity contribution is 4.74. The third-order valence-corrected chi connectivity index (χ3v) is 1.51. The molecule has 1 saturated heterocycles. The Bertz CT molecular complexity index is 74.1. The summed E-state index contributed by atoms with van der Waals surface area (Å²) < 4.78 is 0. The molecule has 48 valence electrons. The van der Waals surface area contributed by atoms with Gasteiger partial charge in [-0.2, -0.15) is 0 Å². The minimum atomic E-state index is 0.639. The van der Waals surface area contributed by atoms with E-state index in [2.05, 4.69) is 22.8 Å². The maximum Gasteiger partial charge on any atom is 0.0345 e. The van der Waals surface area contributed by atoms with Crippen molar-refractivity contribution in [2.45, 2.75) is 6.04 Å². The molecule has 1 fully saturated rings. The molecule has 0 aliphatic carbocycles. The monoisotopic (exact) mass is 115 g/mol. The molecule has 0 saturated carbocycles. The Morgan fingerprint density at radius 2 is 2.50 bits per heavy atom. The molecule has 1 atom stereocenters. The summed E-state index contributed by atoms with van der Waals surface area (Å²) in [6.45, 7) is 2.17. The Labute approximate surface area is 50.0 Å². The van der Waals surface area contributed by atoms with Gasteiger partial charge in [-0.05, 0) is 7.05 Å². The van der Waals surface area contributed by atoms with Gasteiger partial charge in [-0.1, -0.05) is 0 Å². The highest BCUT2D eigenvalue weighted by atomic mass is 15.5. The van der Waals surface area contributed by atoms with E-state index in [1.165, 1.54) is 0 Å². The molecule has 1 heterocycles. The molecule has 0 amide bonds. The number of nitrogens with zero attached hydrogens (tertiary/aromatic N) is 1. The first-order valence-electron chi connectivity index (χ1n) is 2.95. The SMILES string of the molecule is CNC1CNN(C)C1. The van der Waals surface area contributed by atoms with E-state index in [0.29, 0.717) is 6.04 Å². The molecule has 0 radical (unpaired) electrons. The summed E-state index contributed by atoms with van der Waals surface area (Å²) in [6.07, 6.45) is 0. The average Bonchev–Trinajstić information content (AvgIpc) is 2.14. The van der Waals surface area contributed by atoms with Crippen LogP contribution in [0, 0.1) is 0 Å². The van der Waals surface area contributed by atoms with Crippen molar-refractivity contribution >= 4 is 0 Å². The Kier molecular flexibility index (Phi) is 1.83. The molecule has 1 aliphatic rings. The number of hydrazine groups is 1. The van der Waals surface area contributed by atoms with E-state index in [1.54, 1.807) is 0 Å². The summed E-state index contributed by atoms with van der Waals surface area (Å²) in [5, 5.41) is 5.29. The van der Waals surface area contributed by atoms with Gasteiger partial charge in [0.1, 0.15) is 0 Å². The van der Waals surface area contributed by atoms with Crippen LogP contribution in [0.15, 0.2) is 0 Å². The minimum absolute atomic E-state index is 0.639. The molecule has 1 unspecified atom stereocenters. The smallest absolute Gasteiger partial charge is 0.0345 e. The van der Waals surface area contributed by atoms with Gasteiger partial charge in [-0.3, -0.25) is 5.43 Å². The van der Waals surface area contributed by atoms with Gasteiger partial charge in [0.2, 0.25) is 0 Å². The van der Waals surface area contributed by atoms with Crippen molar-refractivity contribution in [3.63, 3.8) is 0 Å². The largest absolute Gasteiger partial charge is 0.314 e. The fourth-order valence-corrected chi connectivity index (χ4v) is 0.919. The number of rotatable bonds is 1. The van der Waals surface area contributed by atoms with Crippen molar-refractivity contribution in [2.75, 3.05) is 27.2 Å². The second-order valence-electron chi connectivity index (χ2n) is 2.23. The van der Waals surface area contributed by atoms with Crippen molar-refractivity contribution in [3.05, 3.63) is 0 Å². The standard InChI is InChI=1S/C5H13N3/c1-6-5-3-7-8(2)4-5/h5-7H,3-4H2,1-2H3. The highest BCUT2D eigenvalue weighted by Crippen LogP contribution is 1.91. The number of hydrogen-bond donors (Lipinski definition) is 2. The number of nitrogens with one attached hydrogen (secondary N) is 2. The van der Waals surface area contributed by atoms with Crippen LogP contribution in [0.1, 0.15) is 0 Å². The van der Waals surface area contributed by atoms with E-state index in [1.807, 2.05) is 7.05 Å². The number of hydrogen-bond acceptors (Lipinski definition) is 3. The van der Waals surface area contributed by atoms with Crippen LogP contribution in [0.2, 0.25) is 0 Å². The van der Waals surface area contributed by atoms with Gasteiger partial charge in [0, 0.05) is 26.2 Å². The molecule has 0 aromatic carbocycles. The minimum Gasteiger partial charge on any atom is -0.314 e. The van der Waals surface area contributed by atoms with E-state index in [4.69, 9.17) is 0 Å². The quantitative estimate of drug-likeness (QED) is 0.460. The van der Waals surface area contributed by atoms with E-state index < -0.39 is 0 Å². The Morgan fingerprint density at radius 3 is 2.75 bits per heavy atom. The normalized spacial score (nSPS) is 31.5. The molecule has 0 bridgehead atoms. The fraction of sp³-hybridized carbons (Fsp3) is 1.00. The van der Waals surface area contributed by atoms with E-state index in [9.17, 15) is 0 Å². The lowest BCUT2D eigenvalue weighted by Gasteiger charge is -2.05. The summed E-state index contributed by atoms with van der Waals surface area (Å²) >= 11 is 0. The molecular weight excluding hydrogens is 102 g/mol. The molecule has 3 nitrogen and oxygen atoms in total. The predicted octanol–water partition coefficient (Wildman–Crippen LogP) is -0.976. The summed E-state index contributed by atoms with van der Waals surface area (Å²) in [5.74, 6) is 0. The van der Waals surface area contributed by atoms with Crippen molar-refractivity contribution < 1.29 is 0 Å². The van der Waals surface area contributed by atoms with Gasteiger partial charge in [0.05, 0.1) is 0 Å². The highest BCUT2D eigenvalue weighted by Gasteiger charge is 2.15. The molecule has 0 aromatic rings. The predicted molar refractivity (Wildman–Crippen MR) is 33.5 cm³/mol. The van der Waals surface area contributed by atoms with Gasteiger partial charge in [0.15, 0.2) is 0 Å². The molecular formula is C5H13N3. The zero-order valence-electron chi connectivity index (χ0n) is 5.44. The third-order valence-electron chi connectivity index (χ3n) is 1.51. The molecule has 0 spiro atoms. The number of likely N-dealkylation sites (N-methyl/N-ethyl adjacent to an activating group) is 2.